The summed E-state index contributed by atoms with van der Waals surface area (Å²) in [5.41, 5.74) is 7.28. The molecule has 0 fully saturated rings. The van der Waals surface area contributed by atoms with Gasteiger partial charge in [-0.2, -0.15) is 0 Å². The van der Waals surface area contributed by atoms with Gasteiger partial charge in [-0.15, -0.1) is 0 Å². The molecule has 0 amide bonds. The van der Waals surface area contributed by atoms with Crippen molar-refractivity contribution < 1.29 is 0 Å². The fraction of sp³-hybridized carbons (Fsp3) is 0.429. The third-order valence-corrected chi connectivity index (χ3v) is 4.99. The zero-order chi connectivity index (χ0) is 15.4. The molecule has 1 aliphatic rings. The maximum atomic E-state index is 3.30. The number of hydrogen-bond donors (Lipinski definition) is 1. The van der Waals surface area contributed by atoms with Gasteiger partial charge in [0, 0.05) is 6.04 Å². The number of hydrogen-bond acceptors (Lipinski definition) is 1. The first-order valence-corrected chi connectivity index (χ1v) is 8.64. The molecule has 0 radical (unpaired) electrons. The quantitative estimate of drug-likeness (QED) is 0.837. The molecule has 1 nitrogen and oxygen atoms in total. The van der Waals surface area contributed by atoms with Gasteiger partial charge in [-0.3, -0.25) is 0 Å². The maximum Gasteiger partial charge on any atom is 0.00388 e. The van der Waals surface area contributed by atoms with Crippen molar-refractivity contribution in [3.8, 4) is 11.1 Å². The molecular weight excluding hydrogens is 266 g/mol. The molecule has 116 valence electrons. The van der Waals surface area contributed by atoms with E-state index in [9.17, 15) is 0 Å². The predicted molar refractivity (Wildman–Crippen MR) is 95.4 cm³/mol. The SMILES string of the molecule is CNC(C)CCc1ccc(-c2ccc3c(c2)CCCC3)cc1. The Morgan fingerprint density at radius 1 is 0.909 bits per heavy atom. The maximum absolute atomic E-state index is 3.30. The van der Waals surface area contributed by atoms with E-state index in [2.05, 4.69) is 54.7 Å². The molecular formula is C21H27N. The summed E-state index contributed by atoms with van der Waals surface area (Å²) in [4.78, 5) is 0. The number of rotatable bonds is 5. The predicted octanol–water partition coefficient (Wildman–Crippen LogP) is 4.77. The molecule has 2 aromatic rings. The van der Waals surface area contributed by atoms with Crippen LogP contribution in [0.25, 0.3) is 11.1 Å². The van der Waals surface area contributed by atoms with Crippen LogP contribution in [-0.2, 0) is 19.3 Å². The molecule has 1 unspecified atom stereocenters. The molecule has 1 atom stereocenters. The first kappa shape index (κ1) is 15.3. The lowest BCUT2D eigenvalue weighted by Crippen LogP contribution is -2.21. The highest BCUT2D eigenvalue weighted by molar-refractivity contribution is 5.65. The lowest BCUT2D eigenvalue weighted by atomic mass is 9.89. The van der Waals surface area contributed by atoms with Gasteiger partial charge < -0.3 is 5.32 Å². The molecule has 0 heterocycles. The van der Waals surface area contributed by atoms with E-state index >= 15 is 0 Å². The molecule has 22 heavy (non-hydrogen) atoms. The molecule has 1 N–H and O–H groups in total. The van der Waals surface area contributed by atoms with Gasteiger partial charge in [-0.25, -0.2) is 0 Å². The van der Waals surface area contributed by atoms with Gasteiger partial charge in [0.15, 0.2) is 0 Å². The Balaban J connectivity index is 1.72. The van der Waals surface area contributed by atoms with Crippen molar-refractivity contribution >= 4 is 0 Å². The molecule has 0 bridgehead atoms. The fourth-order valence-corrected chi connectivity index (χ4v) is 3.30. The molecule has 0 aromatic heterocycles. The summed E-state index contributed by atoms with van der Waals surface area (Å²) in [6.45, 7) is 2.24. The third-order valence-electron chi connectivity index (χ3n) is 4.99. The Morgan fingerprint density at radius 2 is 1.59 bits per heavy atom. The topological polar surface area (TPSA) is 12.0 Å². The van der Waals surface area contributed by atoms with Crippen LogP contribution in [0.4, 0.5) is 0 Å². The summed E-state index contributed by atoms with van der Waals surface area (Å²) >= 11 is 0. The molecule has 0 saturated carbocycles. The average Bonchev–Trinajstić information content (AvgIpc) is 2.59. The Bertz CT molecular complexity index is 612. The largest absolute Gasteiger partial charge is 0.317 e. The summed E-state index contributed by atoms with van der Waals surface area (Å²) in [6.07, 6.45) is 7.55. The molecule has 0 spiro atoms. The summed E-state index contributed by atoms with van der Waals surface area (Å²) < 4.78 is 0. The normalized spacial score (nSPS) is 15.4. The van der Waals surface area contributed by atoms with Gasteiger partial charge in [0.05, 0.1) is 0 Å². The van der Waals surface area contributed by atoms with Crippen LogP contribution in [0, 0.1) is 0 Å². The van der Waals surface area contributed by atoms with Crippen LogP contribution >= 0.6 is 0 Å². The number of fused-ring (bicyclic) bond motifs is 1. The second kappa shape index (κ2) is 7.11. The lowest BCUT2D eigenvalue weighted by Gasteiger charge is -2.17. The number of benzene rings is 2. The molecule has 1 aliphatic carbocycles. The van der Waals surface area contributed by atoms with Crippen molar-refractivity contribution in [3.05, 3.63) is 59.2 Å². The Labute approximate surface area is 134 Å². The van der Waals surface area contributed by atoms with E-state index in [1.807, 2.05) is 7.05 Å². The second-order valence-corrected chi connectivity index (χ2v) is 6.62. The van der Waals surface area contributed by atoms with Crippen LogP contribution in [0.3, 0.4) is 0 Å². The molecule has 2 aromatic carbocycles. The van der Waals surface area contributed by atoms with Crippen molar-refractivity contribution in [1.29, 1.82) is 0 Å². The molecule has 3 rings (SSSR count). The Kier molecular flexibility index (Phi) is 4.94. The average molecular weight is 293 g/mol. The van der Waals surface area contributed by atoms with Gasteiger partial charge in [-0.1, -0.05) is 42.5 Å². The van der Waals surface area contributed by atoms with Crippen molar-refractivity contribution in [2.45, 2.75) is 51.5 Å². The van der Waals surface area contributed by atoms with Crippen LogP contribution in [-0.4, -0.2) is 13.1 Å². The Morgan fingerprint density at radius 3 is 2.32 bits per heavy atom. The molecule has 1 heteroatoms. The van der Waals surface area contributed by atoms with Gasteiger partial charge in [0.25, 0.3) is 0 Å². The van der Waals surface area contributed by atoms with E-state index in [1.54, 1.807) is 11.1 Å². The second-order valence-electron chi connectivity index (χ2n) is 6.62. The van der Waals surface area contributed by atoms with Gasteiger partial charge in [-0.05, 0) is 80.3 Å². The van der Waals surface area contributed by atoms with E-state index in [4.69, 9.17) is 0 Å². The number of aryl methyl sites for hydroxylation is 3. The van der Waals surface area contributed by atoms with E-state index in [1.165, 1.54) is 48.8 Å². The van der Waals surface area contributed by atoms with E-state index in [-0.39, 0.29) is 0 Å². The first-order chi connectivity index (χ1) is 10.8. The summed E-state index contributed by atoms with van der Waals surface area (Å²) in [6, 6.07) is 16.8. The highest BCUT2D eigenvalue weighted by Crippen LogP contribution is 2.27. The zero-order valence-electron chi connectivity index (χ0n) is 13.9. The third kappa shape index (κ3) is 3.59. The lowest BCUT2D eigenvalue weighted by molar-refractivity contribution is 0.565. The van der Waals surface area contributed by atoms with Gasteiger partial charge in [0.2, 0.25) is 0 Å². The fourth-order valence-electron chi connectivity index (χ4n) is 3.30. The summed E-state index contributed by atoms with van der Waals surface area (Å²) in [7, 11) is 2.03. The van der Waals surface area contributed by atoms with E-state index in [0.29, 0.717) is 6.04 Å². The Hall–Kier alpha value is -1.60. The number of nitrogens with one attached hydrogen (secondary N) is 1. The van der Waals surface area contributed by atoms with Crippen molar-refractivity contribution in [2.24, 2.45) is 0 Å². The summed E-state index contributed by atoms with van der Waals surface area (Å²) in [5, 5.41) is 3.30. The zero-order valence-corrected chi connectivity index (χ0v) is 13.9. The highest BCUT2D eigenvalue weighted by atomic mass is 14.8. The van der Waals surface area contributed by atoms with Crippen LogP contribution in [0.2, 0.25) is 0 Å². The minimum absolute atomic E-state index is 0.584. The smallest absolute Gasteiger partial charge is 0.00388 e. The van der Waals surface area contributed by atoms with Crippen molar-refractivity contribution in [3.63, 3.8) is 0 Å². The standard InChI is InChI=1S/C21H27N/c1-16(22-2)7-8-17-9-11-19(12-10-17)21-14-13-18-5-3-4-6-20(18)15-21/h9-16,22H,3-8H2,1-2H3. The monoisotopic (exact) mass is 293 g/mol. The highest BCUT2D eigenvalue weighted by Gasteiger charge is 2.10. The molecule has 0 aliphatic heterocycles. The van der Waals surface area contributed by atoms with E-state index in [0.717, 1.165) is 6.42 Å². The van der Waals surface area contributed by atoms with Gasteiger partial charge >= 0.3 is 0 Å². The van der Waals surface area contributed by atoms with Crippen molar-refractivity contribution in [1.82, 2.24) is 5.32 Å². The van der Waals surface area contributed by atoms with Crippen LogP contribution in [0.15, 0.2) is 42.5 Å². The summed E-state index contributed by atoms with van der Waals surface area (Å²) in [5.74, 6) is 0. The van der Waals surface area contributed by atoms with Crippen LogP contribution < -0.4 is 5.32 Å². The van der Waals surface area contributed by atoms with Crippen molar-refractivity contribution in [2.75, 3.05) is 7.05 Å². The molecule has 0 saturated heterocycles. The minimum atomic E-state index is 0.584. The van der Waals surface area contributed by atoms with E-state index < -0.39 is 0 Å². The minimum Gasteiger partial charge on any atom is -0.317 e. The van der Waals surface area contributed by atoms with Gasteiger partial charge in [0.1, 0.15) is 0 Å². The van der Waals surface area contributed by atoms with Crippen LogP contribution in [0.1, 0.15) is 42.9 Å². The first-order valence-electron chi connectivity index (χ1n) is 8.64. The van der Waals surface area contributed by atoms with Crippen LogP contribution in [0.5, 0.6) is 0 Å².